The van der Waals surface area contributed by atoms with E-state index in [1.165, 1.54) is 0 Å². The van der Waals surface area contributed by atoms with Crippen molar-refractivity contribution in [2.75, 3.05) is 6.61 Å². The van der Waals surface area contributed by atoms with Crippen LogP contribution in [0, 0.1) is 0 Å². The van der Waals surface area contributed by atoms with Crippen LogP contribution in [-0.2, 0) is 4.74 Å². The maximum Gasteiger partial charge on any atom is 0.508 e. The van der Waals surface area contributed by atoms with Crippen molar-refractivity contribution in [1.29, 1.82) is 0 Å². The number of hydrogen-bond acceptors (Lipinski definition) is 3. The van der Waals surface area contributed by atoms with E-state index in [4.69, 9.17) is 10.2 Å². The highest BCUT2D eigenvalue weighted by molar-refractivity contribution is 5.57. The molecule has 0 fully saturated rings. The molecule has 12 heavy (non-hydrogen) atoms. The Labute approximate surface area is 63.4 Å². The number of aliphatic hydroxyl groups is 1. The number of alkyl halides is 4. The molecule has 4 nitrogen and oxygen atoms in total. The van der Waals surface area contributed by atoms with Crippen molar-refractivity contribution in [2.24, 2.45) is 0 Å². The lowest BCUT2D eigenvalue weighted by atomic mass is 10.3. The highest BCUT2D eigenvalue weighted by Gasteiger charge is 2.60. The van der Waals surface area contributed by atoms with Crippen molar-refractivity contribution in [3.05, 3.63) is 0 Å². The van der Waals surface area contributed by atoms with Crippen LogP contribution in [0.2, 0.25) is 0 Å². The van der Waals surface area contributed by atoms with Crippen LogP contribution in [-0.4, -0.2) is 35.0 Å². The Morgan fingerprint density at radius 2 is 1.75 bits per heavy atom. The predicted molar refractivity (Wildman–Crippen MR) is 26.1 cm³/mol. The first kappa shape index (κ1) is 11.0. The average Bonchev–Trinajstić information content (AvgIpc) is 1.83. The van der Waals surface area contributed by atoms with E-state index >= 15 is 0 Å². The number of halogens is 4. The van der Waals surface area contributed by atoms with Gasteiger partial charge in [0.15, 0.2) is 0 Å². The van der Waals surface area contributed by atoms with Crippen molar-refractivity contribution in [1.82, 2.24) is 0 Å². The van der Waals surface area contributed by atoms with Crippen molar-refractivity contribution < 1.29 is 37.3 Å². The third-order valence-corrected chi connectivity index (χ3v) is 0.876. The molecule has 0 rings (SSSR count). The molecule has 8 heteroatoms. The first-order chi connectivity index (χ1) is 5.23. The number of ether oxygens (including phenoxy) is 1. The maximum atomic E-state index is 12.3. The topological polar surface area (TPSA) is 66.8 Å². The molecule has 0 aliphatic heterocycles. The Morgan fingerprint density at radius 3 is 1.83 bits per heavy atom. The molecule has 1 unspecified atom stereocenters. The number of rotatable bonds is 2. The third-order valence-electron chi connectivity index (χ3n) is 0.876. The molecular formula is C4H4F4O4. The molecule has 0 radical (unpaired) electrons. The minimum atomic E-state index is -5.58. The van der Waals surface area contributed by atoms with Crippen molar-refractivity contribution >= 4 is 6.16 Å². The third kappa shape index (κ3) is 2.22. The Hall–Kier alpha value is -1.05. The molecule has 0 aliphatic rings. The molecule has 1 atom stereocenters. The van der Waals surface area contributed by atoms with Crippen LogP contribution >= 0.6 is 0 Å². The van der Waals surface area contributed by atoms with E-state index in [2.05, 4.69) is 4.74 Å². The van der Waals surface area contributed by atoms with Crippen LogP contribution in [0.1, 0.15) is 0 Å². The van der Waals surface area contributed by atoms with Crippen LogP contribution in [0.4, 0.5) is 22.4 Å². The maximum absolute atomic E-state index is 12.3. The van der Waals surface area contributed by atoms with Crippen LogP contribution < -0.4 is 0 Å². The molecule has 0 spiro atoms. The Kier molecular flexibility index (Phi) is 2.86. The molecule has 0 aromatic heterocycles. The minimum Gasteiger partial charge on any atom is -0.450 e. The van der Waals surface area contributed by atoms with Crippen molar-refractivity contribution in [3.63, 3.8) is 0 Å². The van der Waals surface area contributed by atoms with Gasteiger partial charge in [-0.05, 0) is 0 Å². The number of carbonyl (C=O) groups is 1. The summed E-state index contributed by atoms with van der Waals surface area (Å²) in [6, 6.07) is 0. The zero-order valence-electron chi connectivity index (χ0n) is 5.43. The summed E-state index contributed by atoms with van der Waals surface area (Å²) in [5.74, 6) is -4.54. The van der Waals surface area contributed by atoms with Crippen LogP contribution in [0.15, 0.2) is 0 Å². The highest BCUT2D eigenvalue weighted by atomic mass is 19.4. The second-order valence-electron chi connectivity index (χ2n) is 1.75. The molecule has 0 saturated carbocycles. The number of carboxylic acid groups (broad SMARTS) is 1. The lowest BCUT2D eigenvalue weighted by Crippen LogP contribution is -2.47. The Bertz CT molecular complexity index is 178. The van der Waals surface area contributed by atoms with Gasteiger partial charge in [0.1, 0.15) is 6.61 Å². The minimum absolute atomic E-state index is 2.11. The molecule has 72 valence electrons. The lowest BCUT2D eigenvalue weighted by Gasteiger charge is -2.23. The Balaban J connectivity index is 4.56. The van der Waals surface area contributed by atoms with E-state index in [0.29, 0.717) is 0 Å². The van der Waals surface area contributed by atoms with Crippen molar-refractivity contribution in [3.8, 4) is 0 Å². The Morgan fingerprint density at radius 1 is 1.33 bits per heavy atom. The van der Waals surface area contributed by atoms with Gasteiger partial charge in [0.05, 0.1) is 0 Å². The SMILES string of the molecule is O=C(O)OC(F)(CO)C(F)(F)F. The summed E-state index contributed by atoms with van der Waals surface area (Å²) in [7, 11) is 0. The van der Waals surface area contributed by atoms with E-state index in [9.17, 15) is 22.4 Å². The van der Waals surface area contributed by atoms with Gasteiger partial charge >= 0.3 is 18.2 Å². The summed E-state index contributed by atoms with van der Waals surface area (Å²) in [5, 5.41) is 15.6. The van der Waals surface area contributed by atoms with Gasteiger partial charge in [-0.15, -0.1) is 0 Å². The first-order valence-electron chi connectivity index (χ1n) is 2.51. The lowest BCUT2D eigenvalue weighted by molar-refractivity contribution is -0.325. The fraction of sp³-hybridized carbons (Fsp3) is 0.750. The predicted octanol–water partition coefficient (Wildman–Crippen LogP) is 0.901. The van der Waals surface area contributed by atoms with Gasteiger partial charge in [0.25, 0.3) is 0 Å². The first-order valence-corrected chi connectivity index (χ1v) is 2.51. The molecule has 0 saturated heterocycles. The molecule has 2 N–H and O–H groups in total. The fourth-order valence-electron chi connectivity index (χ4n) is 0.318. The summed E-state index contributed by atoms with van der Waals surface area (Å²) in [6.07, 6.45) is -8.04. The average molecular weight is 192 g/mol. The van der Waals surface area contributed by atoms with Gasteiger partial charge in [-0.25, -0.2) is 4.79 Å². The molecule has 0 heterocycles. The number of aliphatic hydroxyl groups excluding tert-OH is 1. The van der Waals surface area contributed by atoms with Gasteiger partial charge in [0.2, 0.25) is 0 Å². The van der Waals surface area contributed by atoms with Gasteiger partial charge in [-0.3, -0.25) is 0 Å². The summed E-state index contributed by atoms with van der Waals surface area (Å²) < 4.78 is 49.8. The molecule has 0 aromatic rings. The van der Waals surface area contributed by atoms with Gasteiger partial charge < -0.3 is 14.9 Å². The molecule has 0 aromatic carbocycles. The van der Waals surface area contributed by atoms with Gasteiger partial charge in [-0.2, -0.15) is 17.6 Å². The normalized spacial score (nSPS) is 16.8. The molecule has 0 amide bonds. The standard InChI is InChI=1S/C4H4F4O4/c5-3(1-9,4(6,7)8)12-2(10)11/h9H,1H2,(H,10,11). The van der Waals surface area contributed by atoms with E-state index in [0.717, 1.165) is 0 Å². The second-order valence-corrected chi connectivity index (χ2v) is 1.75. The molecular weight excluding hydrogens is 188 g/mol. The van der Waals surface area contributed by atoms with Crippen molar-refractivity contribution in [2.45, 2.75) is 12.0 Å². The van der Waals surface area contributed by atoms with E-state index < -0.39 is 24.8 Å². The van der Waals surface area contributed by atoms with E-state index in [1.54, 1.807) is 0 Å². The summed E-state index contributed by atoms with van der Waals surface area (Å²) in [6.45, 7) is -2.11. The highest BCUT2D eigenvalue weighted by Crippen LogP contribution is 2.34. The summed E-state index contributed by atoms with van der Waals surface area (Å²) >= 11 is 0. The zero-order valence-corrected chi connectivity index (χ0v) is 5.43. The summed E-state index contributed by atoms with van der Waals surface area (Å²) in [5.41, 5.74) is 0. The van der Waals surface area contributed by atoms with Crippen LogP contribution in [0.3, 0.4) is 0 Å². The smallest absolute Gasteiger partial charge is 0.450 e. The number of hydrogen-bond donors (Lipinski definition) is 2. The van der Waals surface area contributed by atoms with E-state index in [1.807, 2.05) is 0 Å². The van der Waals surface area contributed by atoms with Gasteiger partial charge in [-0.1, -0.05) is 0 Å². The fourth-order valence-corrected chi connectivity index (χ4v) is 0.318. The molecule has 0 aliphatic carbocycles. The van der Waals surface area contributed by atoms with Crippen LogP contribution in [0.5, 0.6) is 0 Å². The van der Waals surface area contributed by atoms with E-state index in [-0.39, 0.29) is 0 Å². The second kappa shape index (κ2) is 3.13. The quantitative estimate of drug-likeness (QED) is 0.503. The zero-order chi connectivity index (χ0) is 9.99. The van der Waals surface area contributed by atoms with Crippen LogP contribution in [0.25, 0.3) is 0 Å². The summed E-state index contributed by atoms with van der Waals surface area (Å²) in [4.78, 5) is 9.55. The largest absolute Gasteiger partial charge is 0.508 e. The monoisotopic (exact) mass is 192 g/mol. The van der Waals surface area contributed by atoms with Gasteiger partial charge in [0, 0.05) is 0 Å². The molecule has 0 bridgehead atoms.